The van der Waals surface area contributed by atoms with Crippen molar-refractivity contribution in [2.24, 2.45) is 11.8 Å². The van der Waals surface area contributed by atoms with E-state index in [1.165, 1.54) is 0 Å². The Morgan fingerprint density at radius 2 is 2.22 bits per heavy atom. The number of aliphatic hydroxyl groups is 1. The molecule has 142 valence electrons. The molecule has 2 aromatic rings. The van der Waals surface area contributed by atoms with Gasteiger partial charge in [0.05, 0.1) is 10.7 Å². The number of aromatic nitrogens is 1. The van der Waals surface area contributed by atoms with E-state index in [9.17, 15) is 5.11 Å². The quantitative estimate of drug-likeness (QED) is 0.874. The summed E-state index contributed by atoms with van der Waals surface area (Å²) in [5.41, 5.74) is 2.21. The second-order valence-corrected chi connectivity index (χ2v) is 8.41. The van der Waals surface area contributed by atoms with Gasteiger partial charge in [-0.2, -0.15) is 0 Å². The van der Waals surface area contributed by atoms with Crippen molar-refractivity contribution >= 4 is 11.6 Å². The van der Waals surface area contributed by atoms with Gasteiger partial charge in [0.1, 0.15) is 5.60 Å². The minimum Gasteiger partial charge on any atom is -0.454 e. The molecule has 1 aromatic carbocycles. The fraction of sp³-hybridized carbons (Fsp3) is 0.476. The summed E-state index contributed by atoms with van der Waals surface area (Å²) in [4.78, 5) is 6.94. The number of benzene rings is 1. The Morgan fingerprint density at radius 1 is 1.33 bits per heavy atom. The maximum atomic E-state index is 11.5. The molecule has 0 radical (unpaired) electrons. The van der Waals surface area contributed by atoms with Crippen molar-refractivity contribution in [2.45, 2.75) is 31.9 Å². The van der Waals surface area contributed by atoms with E-state index in [-0.39, 0.29) is 12.7 Å². The second-order valence-electron chi connectivity index (χ2n) is 8.00. The predicted octanol–water partition coefficient (Wildman–Crippen LogP) is 3.50. The maximum absolute atomic E-state index is 11.5. The summed E-state index contributed by atoms with van der Waals surface area (Å²) in [7, 11) is 0. The van der Waals surface area contributed by atoms with E-state index in [1.54, 1.807) is 6.20 Å². The average molecular weight is 387 g/mol. The maximum Gasteiger partial charge on any atom is 0.231 e. The molecule has 1 saturated carbocycles. The molecule has 1 N–H and O–H groups in total. The lowest BCUT2D eigenvalue weighted by molar-refractivity contribution is -0.0114. The van der Waals surface area contributed by atoms with Crippen molar-refractivity contribution in [3.8, 4) is 11.5 Å². The number of nitrogens with zero attached hydrogens (tertiary/aromatic N) is 2. The Hall–Kier alpha value is -1.82. The minimum absolute atomic E-state index is 0.218. The van der Waals surface area contributed by atoms with Gasteiger partial charge < -0.3 is 14.6 Å². The van der Waals surface area contributed by atoms with Crippen LogP contribution < -0.4 is 9.47 Å². The molecule has 2 aliphatic heterocycles. The smallest absolute Gasteiger partial charge is 0.231 e. The third kappa shape index (κ3) is 2.80. The molecule has 27 heavy (non-hydrogen) atoms. The van der Waals surface area contributed by atoms with Gasteiger partial charge in [0.15, 0.2) is 11.5 Å². The Morgan fingerprint density at radius 3 is 3.07 bits per heavy atom. The zero-order chi connectivity index (χ0) is 18.6. The predicted molar refractivity (Wildman–Crippen MR) is 102 cm³/mol. The standard InChI is InChI=1S/C21H23ClN2O3/c1-13-3-2-6-23-20(13)21(25)5-4-15-10-24(11-16(15)21)9-14-7-17(22)19-18(8-14)26-12-27-19/h2-3,6-8,15-16,25H,4-5,9-12H2,1H3/t15-,16-,21-/m0/s1. The number of aryl methyl sites for hydroxylation is 1. The van der Waals surface area contributed by atoms with Crippen LogP contribution in [0, 0.1) is 18.8 Å². The molecule has 2 fully saturated rings. The van der Waals surface area contributed by atoms with Crippen LogP contribution in [0.3, 0.4) is 0 Å². The number of fused-ring (bicyclic) bond motifs is 2. The minimum atomic E-state index is -0.822. The van der Waals surface area contributed by atoms with Crippen molar-refractivity contribution in [3.63, 3.8) is 0 Å². The number of ether oxygens (including phenoxy) is 2. The lowest BCUT2D eigenvalue weighted by atomic mass is 9.83. The van der Waals surface area contributed by atoms with Gasteiger partial charge in [-0.25, -0.2) is 0 Å². The number of hydrogen-bond donors (Lipinski definition) is 1. The highest BCUT2D eigenvalue weighted by Crippen LogP contribution is 2.51. The van der Waals surface area contributed by atoms with E-state index >= 15 is 0 Å². The number of pyridine rings is 1. The topological polar surface area (TPSA) is 54.8 Å². The largest absolute Gasteiger partial charge is 0.454 e. The van der Waals surface area contributed by atoms with Crippen LogP contribution >= 0.6 is 11.6 Å². The molecule has 6 heteroatoms. The van der Waals surface area contributed by atoms with Gasteiger partial charge in [0, 0.05) is 31.7 Å². The van der Waals surface area contributed by atoms with E-state index < -0.39 is 5.60 Å². The molecular formula is C21H23ClN2O3. The SMILES string of the molecule is Cc1cccnc1[C@]1(O)CC[C@H]2CN(Cc3cc(Cl)c4c(c3)OCO4)C[C@@H]21. The summed E-state index contributed by atoms with van der Waals surface area (Å²) in [5, 5.41) is 12.1. The molecule has 3 aliphatic rings. The summed E-state index contributed by atoms with van der Waals surface area (Å²) in [5.74, 6) is 2.08. The Bertz CT molecular complexity index is 890. The monoisotopic (exact) mass is 386 g/mol. The average Bonchev–Trinajstić information content (AvgIpc) is 3.33. The molecule has 5 nitrogen and oxygen atoms in total. The molecular weight excluding hydrogens is 364 g/mol. The van der Waals surface area contributed by atoms with Crippen LogP contribution in [0.25, 0.3) is 0 Å². The highest BCUT2D eigenvalue weighted by atomic mass is 35.5. The summed E-state index contributed by atoms with van der Waals surface area (Å²) in [6.07, 6.45) is 3.62. The van der Waals surface area contributed by atoms with Crippen LogP contribution in [0.5, 0.6) is 11.5 Å². The van der Waals surface area contributed by atoms with Crippen LogP contribution in [0.4, 0.5) is 0 Å². The number of rotatable bonds is 3. The van der Waals surface area contributed by atoms with Crippen LogP contribution in [-0.2, 0) is 12.1 Å². The summed E-state index contributed by atoms with van der Waals surface area (Å²) >= 11 is 6.33. The first-order valence-electron chi connectivity index (χ1n) is 9.49. The summed E-state index contributed by atoms with van der Waals surface area (Å²) in [6.45, 7) is 4.91. The molecule has 0 spiro atoms. The molecule has 5 rings (SSSR count). The summed E-state index contributed by atoms with van der Waals surface area (Å²) in [6, 6.07) is 7.93. The molecule has 0 bridgehead atoms. The molecule has 1 aromatic heterocycles. The van der Waals surface area contributed by atoms with E-state index in [1.807, 2.05) is 31.2 Å². The van der Waals surface area contributed by atoms with Crippen molar-refractivity contribution in [1.29, 1.82) is 0 Å². The van der Waals surface area contributed by atoms with Crippen LogP contribution in [-0.4, -0.2) is 34.9 Å². The second kappa shape index (κ2) is 6.36. The fourth-order valence-corrected chi connectivity index (χ4v) is 5.41. The Balaban J connectivity index is 1.36. The van der Waals surface area contributed by atoms with E-state index in [2.05, 4.69) is 9.88 Å². The normalized spacial score (nSPS) is 29.3. The van der Waals surface area contributed by atoms with Crippen LogP contribution in [0.2, 0.25) is 5.02 Å². The Kier molecular flexibility index (Phi) is 4.08. The summed E-state index contributed by atoms with van der Waals surface area (Å²) < 4.78 is 10.9. The number of hydrogen-bond acceptors (Lipinski definition) is 5. The van der Waals surface area contributed by atoms with E-state index in [4.69, 9.17) is 21.1 Å². The van der Waals surface area contributed by atoms with Gasteiger partial charge in [-0.3, -0.25) is 9.88 Å². The number of halogens is 1. The first-order chi connectivity index (χ1) is 13.0. The molecule has 0 unspecified atom stereocenters. The zero-order valence-corrected chi connectivity index (χ0v) is 16.1. The first-order valence-corrected chi connectivity index (χ1v) is 9.87. The van der Waals surface area contributed by atoms with Crippen molar-refractivity contribution < 1.29 is 14.6 Å². The van der Waals surface area contributed by atoms with Crippen molar-refractivity contribution in [1.82, 2.24) is 9.88 Å². The molecule has 0 amide bonds. The third-order valence-corrected chi connectivity index (χ3v) is 6.62. The van der Waals surface area contributed by atoms with Gasteiger partial charge in [0.25, 0.3) is 0 Å². The molecule has 3 atom stereocenters. The Labute approximate surface area is 163 Å². The lowest BCUT2D eigenvalue weighted by Crippen LogP contribution is -2.36. The van der Waals surface area contributed by atoms with Gasteiger partial charge in [-0.05, 0) is 55.0 Å². The van der Waals surface area contributed by atoms with Crippen molar-refractivity contribution in [3.05, 3.63) is 52.3 Å². The lowest BCUT2D eigenvalue weighted by Gasteiger charge is -2.31. The molecule has 1 saturated heterocycles. The van der Waals surface area contributed by atoms with Gasteiger partial charge in [-0.1, -0.05) is 17.7 Å². The third-order valence-electron chi connectivity index (χ3n) is 6.34. The molecule has 3 heterocycles. The zero-order valence-electron chi connectivity index (χ0n) is 15.3. The number of likely N-dealkylation sites (tertiary alicyclic amines) is 1. The highest BCUT2D eigenvalue weighted by Gasteiger charge is 2.53. The van der Waals surface area contributed by atoms with Gasteiger partial charge in [-0.15, -0.1) is 0 Å². The van der Waals surface area contributed by atoms with Crippen LogP contribution in [0.1, 0.15) is 29.7 Å². The fourth-order valence-electron chi connectivity index (χ4n) is 5.12. The van der Waals surface area contributed by atoms with Crippen molar-refractivity contribution in [2.75, 3.05) is 19.9 Å². The highest BCUT2D eigenvalue weighted by molar-refractivity contribution is 6.32. The van der Waals surface area contributed by atoms with E-state index in [0.717, 1.165) is 55.0 Å². The van der Waals surface area contributed by atoms with Crippen LogP contribution in [0.15, 0.2) is 30.5 Å². The van der Waals surface area contributed by atoms with E-state index in [0.29, 0.717) is 16.7 Å². The first kappa shape index (κ1) is 17.3. The van der Waals surface area contributed by atoms with Gasteiger partial charge in [0.2, 0.25) is 6.79 Å². The molecule has 1 aliphatic carbocycles. The van der Waals surface area contributed by atoms with Gasteiger partial charge >= 0.3 is 0 Å².